The fraction of sp³-hybridized carbons (Fsp3) is 0.0667. The van der Waals surface area contributed by atoms with Gasteiger partial charge in [-0.1, -0.05) is 24.3 Å². The van der Waals surface area contributed by atoms with E-state index in [1.165, 1.54) is 17.4 Å². The lowest BCUT2D eigenvalue weighted by molar-refractivity contribution is -0.142. The second-order valence-corrected chi connectivity index (χ2v) is 5.43. The maximum absolute atomic E-state index is 13.8. The van der Waals surface area contributed by atoms with Crippen LogP contribution in [-0.4, -0.2) is 11.1 Å². The summed E-state index contributed by atoms with van der Waals surface area (Å²) in [6, 6.07) is 11.7. The van der Waals surface area contributed by atoms with E-state index < -0.39 is 12.1 Å². The molecule has 0 saturated heterocycles. The summed E-state index contributed by atoms with van der Waals surface area (Å²) in [5.41, 5.74) is -0.407. The number of halogens is 1. The second-order valence-electron chi connectivity index (χ2n) is 4.35. The minimum atomic E-state index is -2.19. The Morgan fingerprint density at radius 1 is 1.10 bits per heavy atom. The number of alkyl halides is 1. The number of benzene rings is 2. The van der Waals surface area contributed by atoms with Crippen LogP contribution in [0.2, 0.25) is 0 Å². The van der Waals surface area contributed by atoms with Crippen LogP contribution < -0.4 is 5.43 Å². The number of carboxylic acids is 1. The Morgan fingerprint density at radius 2 is 1.80 bits per heavy atom. The number of carbonyl (C=O) groups is 1. The normalized spacial score (nSPS) is 12.7. The maximum Gasteiger partial charge on any atom is 0.343 e. The van der Waals surface area contributed by atoms with Crippen LogP contribution in [0.4, 0.5) is 4.39 Å². The highest BCUT2D eigenvalue weighted by Gasteiger charge is 2.22. The van der Waals surface area contributed by atoms with Crippen LogP contribution >= 0.6 is 11.3 Å². The first kappa shape index (κ1) is 12.7. The van der Waals surface area contributed by atoms with Gasteiger partial charge in [0, 0.05) is 25.7 Å². The third kappa shape index (κ3) is 1.87. The van der Waals surface area contributed by atoms with Gasteiger partial charge in [-0.25, -0.2) is 9.18 Å². The molecule has 0 aliphatic heterocycles. The summed E-state index contributed by atoms with van der Waals surface area (Å²) in [4.78, 5) is 23.3. The molecule has 1 aromatic heterocycles. The first-order valence-electron chi connectivity index (χ1n) is 5.91. The molecule has 0 amide bonds. The highest BCUT2D eigenvalue weighted by molar-refractivity contribution is 7.24. The van der Waals surface area contributed by atoms with Crippen molar-refractivity contribution in [3.8, 4) is 0 Å². The summed E-state index contributed by atoms with van der Waals surface area (Å²) >= 11 is 1.35. The Morgan fingerprint density at radius 3 is 2.55 bits per heavy atom. The maximum atomic E-state index is 13.8. The van der Waals surface area contributed by atoms with Gasteiger partial charge in [-0.3, -0.25) is 4.79 Å². The quantitative estimate of drug-likeness (QED) is 0.734. The predicted molar refractivity (Wildman–Crippen MR) is 77.1 cm³/mol. The van der Waals surface area contributed by atoms with Gasteiger partial charge >= 0.3 is 5.97 Å². The lowest BCUT2D eigenvalue weighted by atomic mass is 10.0. The molecular formula is C15H9FO3S. The SMILES string of the molecule is O=C(O)C(F)c1cccc2sc3ccccc3c(=O)c12. The lowest BCUT2D eigenvalue weighted by Crippen LogP contribution is -2.11. The molecule has 3 rings (SSSR count). The summed E-state index contributed by atoms with van der Waals surface area (Å²) in [5, 5.41) is 9.47. The van der Waals surface area contributed by atoms with Gasteiger partial charge in [0.25, 0.3) is 0 Å². The number of hydrogen-bond acceptors (Lipinski definition) is 3. The fourth-order valence-electron chi connectivity index (χ4n) is 2.22. The topological polar surface area (TPSA) is 54.4 Å². The molecule has 0 spiro atoms. The van der Waals surface area contributed by atoms with Crippen molar-refractivity contribution in [2.45, 2.75) is 6.17 Å². The molecule has 0 fully saturated rings. The largest absolute Gasteiger partial charge is 0.479 e. The first-order chi connectivity index (χ1) is 9.59. The van der Waals surface area contributed by atoms with Crippen molar-refractivity contribution < 1.29 is 14.3 Å². The molecule has 20 heavy (non-hydrogen) atoms. The van der Waals surface area contributed by atoms with Gasteiger partial charge in [-0.05, 0) is 18.2 Å². The van der Waals surface area contributed by atoms with Gasteiger partial charge in [0.05, 0.1) is 0 Å². The second kappa shape index (κ2) is 4.68. The van der Waals surface area contributed by atoms with Crippen LogP contribution in [0.5, 0.6) is 0 Å². The average molecular weight is 288 g/mol. The molecule has 3 nitrogen and oxygen atoms in total. The van der Waals surface area contributed by atoms with Crippen LogP contribution in [0, 0.1) is 0 Å². The van der Waals surface area contributed by atoms with E-state index in [4.69, 9.17) is 5.11 Å². The van der Waals surface area contributed by atoms with Gasteiger partial charge < -0.3 is 5.11 Å². The lowest BCUT2D eigenvalue weighted by Gasteiger charge is -2.08. The molecule has 1 unspecified atom stereocenters. The van der Waals surface area contributed by atoms with E-state index in [-0.39, 0.29) is 16.4 Å². The molecule has 2 aromatic carbocycles. The first-order valence-corrected chi connectivity index (χ1v) is 6.72. The van der Waals surface area contributed by atoms with Crippen LogP contribution in [-0.2, 0) is 4.79 Å². The van der Waals surface area contributed by atoms with E-state index in [1.807, 2.05) is 12.1 Å². The van der Waals surface area contributed by atoms with Crippen molar-refractivity contribution in [3.05, 3.63) is 58.3 Å². The summed E-state index contributed by atoms with van der Waals surface area (Å²) in [5.74, 6) is -1.59. The highest BCUT2D eigenvalue weighted by atomic mass is 32.1. The van der Waals surface area contributed by atoms with Crippen molar-refractivity contribution in [1.29, 1.82) is 0 Å². The number of fused-ring (bicyclic) bond motifs is 2. The molecular weight excluding hydrogens is 279 g/mol. The van der Waals surface area contributed by atoms with Crippen LogP contribution in [0.1, 0.15) is 11.7 Å². The molecule has 3 aromatic rings. The number of rotatable bonds is 2. The Balaban J connectivity index is 2.48. The summed E-state index contributed by atoms with van der Waals surface area (Å²) < 4.78 is 15.2. The third-order valence-electron chi connectivity index (χ3n) is 3.13. The molecule has 1 heterocycles. The van der Waals surface area contributed by atoms with Crippen molar-refractivity contribution in [2.75, 3.05) is 0 Å². The molecule has 1 atom stereocenters. The van der Waals surface area contributed by atoms with Crippen molar-refractivity contribution in [3.63, 3.8) is 0 Å². The summed E-state index contributed by atoms with van der Waals surface area (Å²) in [6.07, 6.45) is -2.19. The van der Waals surface area contributed by atoms with Gasteiger partial charge in [0.1, 0.15) is 0 Å². The monoisotopic (exact) mass is 288 g/mol. The van der Waals surface area contributed by atoms with E-state index >= 15 is 0 Å². The standard InChI is InChI=1S/C15H9FO3S/c16-13(15(18)19)9-5-3-7-11-12(9)14(17)8-4-1-2-6-10(8)20-11/h1-7,13H,(H,18,19). The van der Waals surface area contributed by atoms with Crippen molar-refractivity contribution in [2.24, 2.45) is 0 Å². The average Bonchev–Trinajstić information content (AvgIpc) is 2.46. The molecule has 0 aliphatic carbocycles. The third-order valence-corrected chi connectivity index (χ3v) is 4.26. The summed E-state index contributed by atoms with van der Waals surface area (Å²) in [6.45, 7) is 0. The van der Waals surface area contributed by atoms with E-state index in [0.29, 0.717) is 10.1 Å². The van der Waals surface area contributed by atoms with E-state index in [9.17, 15) is 14.0 Å². The van der Waals surface area contributed by atoms with Crippen molar-refractivity contribution in [1.82, 2.24) is 0 Å². The molecule has 1 N–H and O–H groups in total. The molecule has 0 aliphatic rings. The van der Waals surface area contributed by atoms with Gasteiger partial charge in [-0.15, -0.1) is 11.3 Å². The minimum Gasteiger partial charge on any atom is -0.479 e. The molecule has 5 heteroatoms. The van der Waals surface area contributed by atoms with Crippen LogP contribution in [0.25, 0.3) is 20.2 Å². The highest BCUT2D eigenvalue weighted by Crippen LogP contribution is 2.30. The Bertz CT molecular complexity index is 885. The van der Waals surface area contributed by atoms with E-state index in [2.05, 4.69) is 0 Å². The fourth-order valence-corrected chi connectivity index (χ4v) is 3.33. The number of aliphatic carboxylic acids is 1. The smallest absolute Gasteiger partial charge is 0.343 e. The van der Waals surface area contributed by atoms with Gasteiger partial charge in [-0.2, -0.15) is 0 Å². The Labute approximate surface area is 116 Å². The number of carboxylic acid groups (broad SMARTS) is 1. The van der Waals surface area contributed by atoms with E-state index in [1.54, 1.807) is 24.3 Å². The molecule has 0 radical (unpaired) electrons. The zero-order chi connectivity index (χ0) is 14.3. The zero-order valence-corrected chi connectivity index (χ0v) is 11.0. The van der Waals surface area contributed by atoms with Gasteiger partial charge in [0.15, 0.2) is 5.43 Å². The Hall–Kier alpha value is -2.27. The molecule has 0 bridgehead atoms. The van der Waals surface area contributed by atoms with Crippen molar-refractivity contribution >= 4 is 37.5 Å². The minimum absolute atomic E-state index is 0.0815. The van der Waals surface area contributed by atoms with Crippen LogP contribution in [0.3, 0.4) is 0 Å². The molecule has 100 valence electrons. The Kier molecular flexibility index (Phi) is 2.99. The van der Waals surface area contributed by atoms with Crippen LogP contribution in [0.15, 0.2) is 47.3 Å². The molecule has 0 saturated carbocycles. The van der Waals surface area contributed by atoms with Gasteiger partial charge in [0.2, 0.25) is 6.17 Å². The summed E-state index contributed by atoms with van der Waals surface area (Å²) in [7, 11) is 0. The predicted octanol–water partition coefficient (Wildman–Crippen LogP) is 3.51. The zero-order valence-electron chi connectivity index (χ0n) is 10.2. The van der Waals surface area contributed by atoms with E-state index in [0.717, 1.165) is 4.70 Å². The number of hydrogen-bond donors (Lipinski definition) is 1.